The van der Waals surface area contributed by atoms with Crippen LogP contribution in [-0.2, 0) is 11.3 Å². The maximum Gasteiger partial charge on any atom is 0.275 e. The number of nitrogens with one attached hydrogen (secondary N) is 1. The highest BCUT2D eigenvalue weighted by Gasteiger charge is 2.76. The molecule has 7 nitrogen and oxygen atoms in total. The number of hydrogen-bond donors (Lipinski definition) is 2. The van der Waals surface area contributed by atoms with Crippen LogP contribution in [0.3, 0.4) is 0 Å². The van der Waals surface area contributed by atoms with Gasteiger partial charge in [0, 0.05) is 22.4 Å². The minimum Gasteiger partial charge on any atom is -0.473 e. The van der Waals surface area contributed by atoms with E-state index in [9.17, 15) is 23.5 Å². The molecule has 1 amide bonds. The Morgan fingerprint density at radius 1 is 1.32 bits per heavy atom. The van der Waals surface area contributed by atoms with Crippen LogP contribution in [0.4, 0.5) is 8.78 Å². The van der Waals surface area contributed by atoms with Gasteiger partial charge in [-0.05, 0) is 50.8 Å². The molecule has 2 N–H and O–H groups in total. The van der Waals surface area contributed by atoms with Crippen LogP contribution >= 0.6 is 15.9 Å². The van der Waals surface area contributed by atoms with Gasteiger partial charge in [0.2, 0.25) is 11.8 Å². The Morgan fingerprint density at radius 3 is 2.61 bits per heavy atom. The highest BCUT2D eigenvalue weighted by Crippen LogP contribution is 2.71. The van der Waals surface area contributed by atoms with Crippen molar-refractivity contribution in [1.82, 2.24) is 15.1 Å². The van der Waals surface area contributed by atoms with Crippen LogP contribution in [0.2, 0.25) is 0 Å². The van der Waals surface area contributed by atoms with Crippen LogP contribution in [0.25, 0.3) is 10.8 Å². The summed E-state index contributed by atoms with van der Waals surface area (Å²) in [5.74, 6) is -2.86. The fourth-order valence-corrected chi connectivity index (χ4v) is 5.17. The summed E-state index contributed by atoms with van der Waals surface area (Å²) in [5.41, 5.74) is -2.15. The number of halogens is 3. The van der Waals surface area contributed by atoms with E-state index in [2.05, 4.69) is 26.3 Å². The Kier molecular flexibility index (Phi) is 4.51. The molecule has 3 aliphatic rings. The first-order valence-corrected chi connectivity index (χ1v) is 11.0. The van der Waals surface area contributed by atoms with E-state index >= 15 is 0 Å². The van der Waals surface area contributed by atoms with Crippen molar-refractivity contribution in [2.24, 2.45) is 5.41 Å². The number of aliphatic hydroxyl groups is 1. The lowest BCUT2D eigenvalue weighted by Crippen LogP contribution is -2.54. The number of carbonyl (C=O) groups excluding carboxylic acids is 1. The first kappa shape index (κ1) is 20.8. The molecule has 2 aromatic rings. The lowest BCUT2D eigenvalue weighted by Gasteiger charge is -2.41. The van der Waals surface area contributed by atoms with Gasteiger partial charge in [0.25, 0.3) is 11.5 Å². The van der Waals surface area contributed by atoms with E-state index in [1.807, 2.05) is 0 Å². The van der Waals surface area contributed by atoms with Gasteiger partial charge in [-0.1, -0.05) is 15.9 Å². The van der Waals surface area contributed by atoms with Crippen molar-refractivity contribution >= 4 is 32.6 Å². The van der Waals surface area contributed by atoms with Crippen molar-refractivity contribution in [2.45, 2.75) is 69.2 Å². The number of hydrogen-bond acceptors (Lipinski definition) is 5. The Balaban J connectivity index is 1.37. The van der Waals surface area contributed by atoms with Gasteiger partial charge in [0.1, 0.15) is 12.6 Å². The van der Waals surface area contributed by atoms with Crippen molar-refractivity contribution in [1.29, 1.82) is 0 Å². The van der Waals surface area contributed by atoms with E-state index in [0.29, 0.717) is 23.6 Å². The second-order valence-electron chi connectivity index (χ2n) is 9.44. The Morgan fingerprint density at radius 2 is 2.00 bits per heavy atom. The maximum atomic E-state index is 13.5. The molecule has 0 aliphatic heterocycles. The molecule has 0 atom stereocenters. The average molecular weight is 498 g/mol. The predicted octanol–water partition coefficient (Wildman–Crippen LogP) is 2.76. The van der Waals surface area contributed by atoms with Crippen LogP contribution in [0.1, 0.15) is 39.0 Å². The highest BCUT2D eigenvalue weighted by molar-refractivity contribution is 9.10. The molecule has 0 saturated heterocycles. The largest absolute Gasteiger partial charge is 0.473 e. The summed E-state index contributed by atoms with van der Waals surface area (Å²) in [6.45, 7) is 1.40. The predicted molar refractivity (Wildman–Crippen MR) is 111 cm³/mol. The van der Waals surface area contributed by atoms with E-state index in [1.165, 1.54) is 0 Å². The van der Waals surface area contributed by atoms with E-state index in [-0.39, 0.29) is 37.7 Å². The molecule has 5 rings (SSSR count). The van der Waals surface area contributed by atoms with Gasteiger partial charge in [0.15, 0.2) is 0 Å². The molecule has 31 heavy (non-hydrogen) atoms. The quantitative estimate of drug-likeness (QED) is 0.662. The molecule has 10 heteroatoms. The summed E-state index contributed by atoms with van der Waals surface area (Å²) in [7, 11) is 0. The summed E-state index contributed by atoms with van der Waals surface area (Å²) in [4.78, 5) is 25.3. The molecule has 1 spiro atoms. The maximum absolute atomic E-state index is 13.5. The van der Waals surface area contributed by atoms with Crippen molar-refractivity contribution < 1.29 is 23.4 Å². The van der Waals surface area contributed by atoms with E-state index in [4.69, 9.17) is 4.74 Å². The van der Waals surface area contributed by atoms with Crippen molar-refractivity contribution in [3.8, 4) is 5.88 Å². The number of rotatable bonds is 5. The average Bonchev–Trinajstić information content (AvgIpc) is 3.19. The molecule has 1 heterocycles. The molecule has 3 fully saturated rings. The van der Waals surface area contributed by atoms with E-state index in [0.717, 1.165) is 9.15 Å². The lowest BCUT2D eigenvalue weighted by atomic mass is 9.77. The van der Waals surface area contributed by atoms with Crippen molar-refractivity contribution in [3.05, 3.63) is 33.0 Å². The molecule has 3 saturated carbocycles. The van der Waals surface area contributed by atoms with Crippen LogP contribution in [0, 0.1) is 5.41 Å². The first-order valence-electron chi connectivity index (χ1n) is 10.2. The molecule has 1 aromatic carbocycles. The molecule has 0 unspecified atom stereocenters. The van der Waals surface area contributed by atoms with Crippen LogP contribution < -0.4 is 15.6 Å². The van der Waals surface area contributed by atoms with Gasteiger partial charge in [-0.2, -0.15) is 0 Å². The number of carbonyl (C=O) groups is 1. The summed E-state index contributed by atoms with van der Waals surface area (Å²) in [5, 5.41) is 17.6. The zero-order valence-electron chi connectivity index (χ0n) is 16.8. The molecule has 0 radical (unpaired) electrons. The molecule has 166 valence electrons. The Hall–Kier alpha value is -2.07. The summed E-state index contributed by atoms with van der Waals surface area (Å²) >= 11 is 3.36. The third kappa shape index (κ3) is 3.63. The Labute approximate surface area is 184 Å². The molecular formula is C21H22BrF2N3O4. The summed E-state index contributed by atoms with van der Waals surface area (Å²) < 4.78 is 34.7. The second kappa shape index (κ2) is 6.71. The molecular weight excluding hydrogens is 476 g/mol. The number of fused-ring (bicyclic) bond motifs is 1. The first-order chi connectivity index (χ1) is 14.5. The minimum atomic E-state index is -2.62. The monoisotopic (exact) mass is 497 g/mol. The van der Waals surface area contributed by atoms with Gasteiger partial charge < -0.3 is 15.2 Å². The fourth-order valence-electron chi connectivity index (χ4n) is 4.81. The standard InChI is InChI=1S/C21H22BrF2N3O4/c1-19(30)5-12(6-19)25-16(28)9-27-18(29)14-3-2-11(22)4-15(14)17(26-27)31-13-7-20(8-13)10-21(20,23)24/h2-4,12-13,30H,5-10H2,1H3,(H,25,28)/t12-,13-,19+,20-. The van der Waals surface area contributed by atoms with Gasteiger partial charge in [-0.3, -0.25) is 9.59 Å². The Bertz CT molecular complexity index is 1140. The topological polar surface area (TPSA) is 93.5 Å². The van der Waals surface area contributed by atoms with Crippen LogP contribution in [0.5, 0.6) is 5.88 Å². The van der Waals surface area contributed by atoms with Gasteiger partial charge in [0.05, 0.1) is 16.4 Å². The highest BCUT2D eigenvalue weighted by atomic mass is 79.9. The number of nitrogens with zero attached hydrogens (tertiary/aromatic N) is 2. The SMILES string of the molecule is C[C@]1(O)C[C@@H](NC(=O)Cn2nc(O[C@H]3C[C@@]4(CC4(F)F)C3)c3cc(Br)ccc3c2=O)C1. The van der Waals surface area contributed by atoms with Gasteiger partial charge in [-0.25, -0.2) is 13.5 Å². The van der Waals surface area contributed by atoms with E-state index < -0.39 is 34.5 Å². The summed E-state index contributed by atoms with van der Waals surface area (Å²) in [6, 6.07) is 4.87. The number of benzene rings is 1. The molecule has 1 aromatic heterocycles. The minimum absolute atomic E-state index is 0.104. The molecule has 0 bridgehead atoms. The third-order valence-electron chi connectivity index (χ3n) is 6.65. The zero-order valence-corrected chi connectivity index (χ0v) is 18.4. The number of amides is 1. The smallest absolute Gasteiger partial charge is 0.275 e. The van der Waals surface area contributed by atoms with Crippen molar-refractivity contribution in [3.63, 3.8) is 0 Å². The lowest BCUT2D eigenvalue weighted by molar-refractivity contribution is -0.125. The number of aromatic nitrogens is 2. The second-order valence-corrected chi connectivity index (χ2v) is 10.4. The van der Waals surface area contributed by atoms with Gasteiger partial charge in [-0.15, -0.1) is 5.10 Å². The normalized spacial score (nSPS) is 32.9. The van der Waals surface area contributed by atoms with Gasteiger partial charge >= 0.3 is 0 Å². The van der Waals surface area contributed by atoms with E-state index in [1.54, 1.807) is 25.1 Å². The third-order valence-corrected chi connectivity index (χ3v) is 7.14. The zero-order chi connectivity index (χ0) is 22.2. The number of alkyl halides is 2. The number of ether oxygens (including phenoxy) is 1. The molecule has 3 aliphatic carbocycles. The van der Waals surface area contributed by atoms with Crippen LogP contribution in [0.15, 0.2) is 27.5 Å². The fraction of sp³-hybridized carbons (Fsp3) is 0.571. The van der Waals surface area contributed by atoms with Crippen LogP contribution in [-0.4, -0.2) is 44.5 Å². The van der Waals surface area contributed by atoms with Crippen molar-refractivity contribution in [2.75, 3.05) is 0 Å². The summed E-state index contributed by atoms with van der Waals surface area (Å²) in [6.07, 6.45) is 0.897.